The van der Waals surface area contributed by atoms with Crippen LogP contribution in [0.1, 0.15) is 28.9 Å². The number of aromatic hydroxyl groups is 1. The molecule has 0 saturated heterocycles. The van der Waals surface area contributed by atoms with E-state index in [0.717, 1.165) is 24.2 Å². The second-order valence-corrected chi connectivity index (χ2v) is 7.20. The van der Waals surface area contributed by atoms with E-state index >= 15 is 0 Å². The molecule has 160 valence electrons. The third-order valence-electron chi connectivity index (χ3n) is 4.89. The van der Waals surface area contributed by atoms with Gasteiger partial charge in [0, 0.05) is 12.1 Å². The Bertz CT molecular complexity index is 1140. The molecule has 3 aromatic rings. The number of benzene rings is 2. The molecule has 6 bridgehead atoms. The first kappa shape index (κ1) is 20.5. The molecule has 0 unspecified atom stereocenters. The molecule has 0 saturated carbocycles. The summed E-state index contributed by atoms with van der Waals surface area (Å²) in [6.07, 6.45) is 2.23. The fourth-order valence-corrected chi connectivity index (χ4v) is 3.27. The van der Waals surface area contributed by atoms with E-state index in [9.17, 15) is 14.7 Å². The Morgan fingerprint density at radius 2 is 1.65 bits per heavy atom. The number of H-pyrrole nitrogens is 1. The second-order valence-electron chi connectivity index (χ2n) is 7.20. The lowest BCUT2D eigenvalue weighted by Gasteiger charge is -2.10. The van der Waals surface area contributed by atoms with Crippen LogP contribution in [-0.2, 0) is 6.42 Å². The van der Waals surface area contributed by atoms with Crippen molar-refractivity contribution >= 4 is 5.91 Å². The first-order chi connectivity index (χ1) is 15.1. The first-order valence-corrected chi connectivity index (χ1v) is 10.2. The zero-order valence-corrected chi connectivity index (χ0v) is 16.9. The summed E-state index contributed by atoms with van der Waals surface area (Å²) in [5.74, 6) is 0.231. The normalized spacial score (nSPS) is 14.8. The maximum Gasteiger partial charge on any atom is 0.294 e. The average Bonchev–Trinajstić information content (AvgIpc) is 2.78. The highest BCUT2D eigenvalue weighted by Gasteiger charge is 2.18. The number of ether oxygens (including phenoxy) is 2. The molecule has 1 aliphatic rings. The highest BCUT2D eigenvalue weighted by Crippen LogP contribution is 2.22. The van der Waals surface area contributed by atoms with E-state index in [1.807, 2.05) is 24.3 Å². The molecule has 2 heterocycles. The van der Waals surface area contributed by atoms with Crippen molar-refractivity contribution in [3.05, 3.63) is 70.1 Å². The molecule has 3 N–H and O–H groups in total. The predicted molar refractivity (Wildman–Crippen MR) is 115 cm³/mol. The summed E-state index contributed by atoms with van der Waals surface area (Å²) in [5.41, 5.74) is 0.470. The van der Waals surface area contributed by atoms with Gasteiger partial charge < -0.3 is 24.9 Å². The van der Waals surface area contributed by atoms with E-state index < -0.39 is 17.2 Å². The Labute approximate surface area is 178 Å². The van der Waals surface area contributed by atoms with Crippen LogP contribution in [0.5, 0.6) is 17.2 Å². The van der Waals surface area contributed by atoms with Crippen LogP contribution in [0.3, 0.4) is 0 Å². The van der Waals surface area contributed by atoms with Crippen LogP contribution in [0.25, 0.3) is 11.4 Å². The molecular formula is C23H23N3O5. The second kappa shape index (κ2) is 9.34. The molecule has 1 amide bonds. The van der Waals surface area contributed by atoms with Crippen molar-refractivity contribution in [3.63, 3.8) is 0 Å². The van der Waals surface area contributed by atoms with Gasteiger partial charge in [-0.05, 0) is 49.1 Å². The molecule has 0 fully saturated rings. The zero-order chi connectivity index (χ0) is 21.6. The molecule has 31 heavy (non-hydrogen) atoms. The summed E-state index contributed by atoms with van der Waals surface area (Å²) in [6, 6.07) is 14.7. The lowest BCUT2D eigenvalue weighted by molar-refractivity contribution is 0.0946. The van der Waals surface area contributed by atoms with Crippen LogP contribution in [0, 0.1) is 0 Å². The minimum absolute atomic E-state index is 0.178. The molecular weight excluding hydrogens is 398 g/mol. The van der Waals surface area contributed by atoms with Gasteiger partial charge in [0.2, 0.25) is 5.75 Å². The van der Waals surface area contributed by atoms with Gasteiger partial charge in [-0.25, -0.2) is 4.98 Å². The quantitative estimate of drug-likeness (QED) is 0.514. The Morgan fingerprint density at radius 1 is 0.935 bits per heavy atom. The van der Waals surface area contributed by atoms with Crippen LogP contribution in [-0.4, -0.2) is 40.7 Å². The van der Waals surface area contributed by atoms with E-state index in [4.69, 9.17) is 9.47 Å². The number of carbonyl (C=O) groups excluding carboxylic acids is 1. The third-order valence-corrected chi connectivity index (χ3v) is 4.89. The fraction of sp³-hybridized carbons (Fsp3) is 0.261. The molecule has 0 atom stereocenters. The van der Waals surface area contributed by atoms with Gasteiger partial charge in [0.15, 0.2) is 5.69 Å². The zero-order valence-electron chi connectivity index (χ0n) is 16.9. The van der Waals surface area contributed by atoms with Gasteiger partial charge in [0.05, 0.1) is 13.2 Å². The molecule has 8 nitrogen and oxygen atoms in total. The van der Waals surface area contributed by atoms with Gasteiger partial charge in [0.1, 0.15) is 17.3 Å². The smallest absolute Gasteiger partial charge is 0.294 e. The van der Waals surface area contributed by atoms with Crippen LogP contribution in [0.4, 0.5) is 0 Å². The molecule has 1 aromatic heterocycles. The lowest BCUT2D eigenvalue weighted by Crippen LogP contribution is -2.28. The summed E-state index contributed by atoms with van der Waals surface area (Å²) in [7, 11) is 0. The Kier molecular flexibility index (Phi) is 6.16. The SMILES string of the molecule is O=C1NCCc2cccc(c2)OCCCCOc2cccc(c2)-c2nc1c(O)c(=O)[nH]2. The Balaban J connectivity index is 1.65. The number of aromatic nitrogens is 2. The first-order valence-electron chi connectivity index (χ1n) is 10.2. The summed E-state index contributed by atoms with van der Waals surface area (Å²) in [4.78, 5) is 31.5. The average molecular weight is 421 g/mol. The lowest BCUT2D eigenvalue weighted by atomic mass is 10.1. The molecule has 1 aliphatic heterocycles. The minimum atomic E-state index is -0.780. The van der Waals surface area contributed by atoms with Crippen molar-refractivity contribution in [1.29, 1.82) is 0 Å². The predicted octanol–water partition coefficient (Wildman–Crippen LogP) is 2.67. The van der Waals surface area contributed by atoms with Crippen molar-refractivity contribution in [2.24, 2.45) is 0 Å². The van der Waals surface area contributed by atoms with Gasteiger partial charge in [-0.3, -0.25) is 9.59 Å². The Morgan fingerprint density at radius 3 is 2.42 bits per heavy atom. The number of rotatable bonds is 0. The summed E-state index contributed by atoms with van der Waals surface area (Å²) >= 11 is 0. The fourth-order valence-electron chi connectivity index (χ4n) is 3.27. The van der Waals surface area contributed by atoms with E-state index in [-0.39, 0.29) is 11.5 Å². The molecule has 4 rings (SSSR count). The van der Waals surface area contributed by atoms with Crippen LogP contribution < -0.4 is 20.3 Å². The van der Waals surface area contributed by atoms with Gasteiger partial charge in [-0.15, -0.1) is 0 Å². The molecule has 8 heteroatoms. The van der Waals surface area contributed by atoms with Crippen molar-refractivity contribution in [3.8, 4) is 28.6 Å². The standard InChI is InChI=1S/C23H23N3O5/c27-20-19-22(28)24-10-9-15-5-3-7-17(13-15)30-11-1-2-12-31-18-8-4-6-16(14-18)21(25-19)26-23(20)29/h3-8,13-14,27H,1-2,9-12H2,(H,24,28)(H,25,26,29). The van der Waals surface area contributed by atoms with Gasteiger partial charge >= 0.3 is 0 Å². The Hall–Kier alpha value is -3.81. The number of aromatic amines is 1. The number of hydrogen-bond acceptors (Lipinski definition) is 6. The van der Waals surface area contributed by atoms with Crippen molar-refractivity contribution in [2.45, 2.75) is 19.3 Å². The van der Waals surface area contributed by atoms with Gasteiger partial charge in [-0.1, -0.05) is 24.3 Å². The van der Waals surface area contributed by atoms with Gasteiger partial charge in [0.25, 0.3) is 11.5 Å². The van der Waals surface area contributed by atoms with Crippen LogP contribution in [0.2, 0.25) is 0 Å². The summed E-state index contributed by atoms with van der Waals surface area (Å²) in [5, 5.41) is 12.8. The van der Waals surface area contributed by atoms with Crippen molar-refractivity contribution < 1.29 is 19.4 Å². The van der Waals surface area contributed by atoms with Crippen LogP contribution in [0.15, 0.2) is 53.3 Å². The van der Waals surface area contributed by atoms with E-state index in [2.05, 4.69) is 15.3 Å². The molecule has 0 radical (unpaired) electrons. The summed E-state index contributed by atoms with van der Waals surface area (Å²) in [6.45, 7) is 1.41. The maximum absolute atomic E-state index is 12.6. The minimum Gasteiger partial charge on any atom is -0.501 e. The number of carbonyl (C=O) groups is 1. The van der Waals surface area contributed by atoms with Crippen molar-refractivity contribution in [1.82, 2.24) is 15.3 Å². The van der Waals surface area contributed by atoms with E-state index in [1.54, 1.807) is 24.3 Å². The highest BCUT2D eigenvalue weighted by molar-refractivity contribution is 5.95. The number of nitrogens with zero attached hydrogens (tertiary/aromatic N) is 1. The van der Waals surface area contributed by atoms with Gasteiger partial charge in [-0.2, -0.15) is 0 Å². The summed E-state index contributed by atoms with van der Waals surface area (Å²) < 4.78 is 11.6. The highest BCUT2D eigenvalue weighted by atomic mass is 16.5. The molecule has 2 aromatic carbocycles. The molecule has 0 aliphatic carbocycles. The third kappa shape index (κ3) is 5.03. The maximum atomic E-state index is 12.6. The van der Waals surface area contributed by atoms with E-state index in [0.29, 0.717) is 37.5 Å². The number of amides is 1. The number of hydrogen-bond donors (Lipinski definition) is 3. The van der Waals surface area contributed by atoms with Crippen molar-refractivity contribution in [2.75, 3.05) is 19.8 Å². The van der Waals surface area contributed by atoms with E-state index in [1.165, 1.54) is 0 Å². The number of fused-ring (bicyclic) bond motifs is 7. The largest absolute Gasteiger partial charge is 0.501 e. The molecule has 0 spiro atoms. The van der Waals surface area contributed by atoms with Crippen LogP contribution >= 0.6 is 0 Å². The monoisotopic (exact) mass is 421 g/mol. The number of nitrogens with one attached hydrogen (secondary N) is 2. The topological polar surface area (TPSA) is 114 Å².